The molecule has 6 nitrogen and oxygen atoms in total. The molecule has 0 spiro atoms. The van der Waals surface area contributed by atoms with Crippen molar-refractivity contribution < 1.29 is 14.3 Å². The van der Waals surface area contributed by atoms with Crippen molar-refractivity contribution in [3.05, 3.63) is 29.8 Å². The van der Waals surface area contributed by atoms with Crippen LogP contribution in [0.2, 0.25) is 0 Å². The van der Waals surface area contributed by atoms with Gasteiger partial charge in [0.15, 0.2) is 0 Å². The van der Waals surface area contributed by atoms with Gasteiger partial charge >= 0.3 is 0 Å². The van der Waals surface area contributed by atoms with E-state index in [2.05, 4.69) is 16.0 Å². The minimum atomic E-state index is -0.190. The summed E-state index contributed by atoms with van der Waals surface area (Å²) in [7, 11) is 0. The van der Waals surface area contributed by atoms with Gasteiger partial charge in [-0.15, -0.1) is 0 Å². The molecule has 0 bridgehead atoms. The first kappa shape index (κ1) is 16.5. The first-order chi connectivity index (χ1) is 10.6. The van der Waals surface area contributed by atoms with Gasteiger partial charge in [0.1, 0.15) is 0 Å². The fraction of sp³-hybridized carbons (Fsp3) is 0.500. The van der Waals surface area contributed by atoms with Crippen molar-refractivity contribution in [1.82, 2.24) is 10.6 Å². The standard InChI is InChI=1S/C16H23N3O3/c1-11(2)18-16(21)13-5-3-4-6-14(13)19-15(20)9-12-10-22-8-7-17-12/h3-6,11-12,17H,7-10H2,1-2H3,(H,18,21)(H,19,20). The number of morpholine rings is 1. The Labute approximate surface area is 130 Å². The highest BCUT2D eigenvalue weighted by atomic mass is 16.5. The minimum absolute atomic E-state index is 0.0189. The van der Waals surface area contributed by atoms with Gasteiger partial charge in [-0.05, 0) is 26.0 Å². The van der Waals surface area contributed by atoms with Crippen LogP contribution in [0.3, 0.4) is 0 Å². The number of ether oxygens (including phenoxy) is 1. The van der Waals surface area contributed by atoms with E-state index in [0.29, 0.717) is 30.9 Å². The summed E-state index contributed by atoms with van der Waals surface area (Å²) in [5, 5.41) is 8.88. The number of benzene rings is 1. The van der Waals surface area contributed by atoms with Crippen LogP contribution in [0.4, 0.5) is 5.69 Å². The number of nitrogens with one attached hydrogen (secondary N) is 3. The van der Waals surface area contributed by atoms with Crippen molar-refractivity contribution >= 4 is 17.5 Å². The molecule has 1 aliphatic heterocycles. The van der Waals surface area contributed by atoms with E-state index in [1.165, 1.54) is 0 Å². The average molecular weight is 305 g/mol. The SMILES string of the molecule is CC(C)NC(=O)c1ccccc1NC(=O)CC1COCCN1. The Morgan fingerprint density at radius 3 is 2.82 bits per heavy atom. The van der Waals surface area contributed by atoms with E-state index < -0.39 is 0 Å². The summed E-state index contributed by atoms with van der Waals surface area (Å²) in [6, 6.07) is 7.07. The summed E-state index contributed by atoms with van der Waals surface area (Å²) in [5.41, 5.74) is 1.000. The van der Waals surface area contributed by atoms with Gasteiger partial charge in [0.25, 0.3) is 5.91 Å². The van der Waals surface area contributed by atoms with E-state index in [9.17, 15) is 9.59 Å². The predicted molar refractivity (Wildman–Crippen MR) is 84.9 cm³/mol. The van der Waals surface area contributed by atoms with E-state index in [0.717, 1.165) is 6.54 Å². The van der Waals surface area contributed by atoms with Crippen LogP contribution in [0.25, 0.3) is 0 Å². The van der Waals surface area contributed by atoms with Crippen LogP contribution in [0, 0.1) is 0 Å². The molecule has 1 saturated heterocycles. The Morgan fingerprint density at radius 1 is 1.36 bits per heavy atom. The zero-order valence-corrected chi connectivity index (χ0v) is 13.0. The largest absolute Gasteiger partial charge is 0.378 e. The summed E-state index contributed by atoms with van der Waals surface area (Å²) < 4.78 is 5.33. The number of para-hydroxylation sites is 1. The van der Waals surface area contributed by atoms with Crippen molar-refractivity contribution in [3.63, 3.8) is 0 Å². The molecule has 120 valence electrons. The number of rotatable bonds is 5. The average Bonchev–Trinajstić information content (AvgIpc) is 2.48. The van der Waals surface area contributed by atoms with Gasteiger partial charge in [0.05, 0.1) is 24.5 Å². The van der Waals surface area contributed by atoms with Crippen molar-refractivity contribution in [3.8, 4) is 0 Å². The molecule has 0 aromatic heterocycles. The summed E-state index contributed by atoms with van der Waals surface area (Å²) in [5.74, 6) is -0.321. The molecule has 1 heterocycles. The van der Waals surface area contributed by atoms with Crippen molar-refractivity contribution in [2.75, 3.05) is 25.1 Å². The predicted octanol–water partition coefficient (Wildman–Crippen LogP) is 1.14. The van der Waals surface area contributed by atoms with Gasteiger partial charge in [-0.3, -0.25) is 9.59 Å². The molecule has 2 rings (SSSR count). The zero-order valence-electron chi connectivity index (χ0n) is 13.0. The molecule has 0 radical (unpaired) electrons. The summed E-state index contributed by atoms with van der Waals surface area (Å²) >= 11 is 0. The molecule has 0 saturated carbocycles. The number of hydrogen-bond acceptors (Lipinski definition) is 4. The lowest BCUT2D eigenvalue weighted by Crippen LogP contribution is -2.43. The van der Waals surface area contributed by atoms with Gasteiger partial charge in [0.2, 0.25) is 5.91 Å². The third kappa shape index (κ3) is 4.82. The lowest BCUT2D eigenvalue weighted by atomic mass is 10.1. The fourth-order valence-electron chi connectivity index (χ4n) is 2.31. The van der Waals surface area contributed by atoms with Crippen LogP contribution in [-0.4, -0.2) is 43.7 Å². The Balaban J connectivity index is 1.99. The molecular weight excluding hydrogens is 282 g/mol. The highest BCUT2D eigenvalue weighted by Crippen LogP contribution is 2.16. The van der Waals surface area contributed by atoms with Gasteiger partial charge in [-0.1, -0.05) is 12.1 Å². The Hall–Kier alpha value is -1.92. The molecule has 1 atom stereocenters. The third-order valence-electron chi connectivity index (χ3n) is 3.30. The van der Waals surface area contributed by atoms with Gasteiger partial charge in [-0.2, -0.15) is 0 Å². The maximum Gasteiger partial charge on any atom is 0.253 e. The van der Waals surface area contributed by atoms with E-state index in [4.69, 9.17) is 4.74 Å². The smallest absolute Gasteiger partial charge is 0.253 e. The summed E-state index contributed by atoms with van der Waals surface area (Å²) in [4.78, 5) is 24.3. The van der Waals surface area contributed by atoms with Crippen LogP contribution in [-0.2, 0) is 9.53 Å². The molecule has 1 unspecified atom stereocenters. The minimum Gasteiger partial charge on any atom is -0.378 e. The molecule has 6 heteroatoms. The molecule has 1 fully saturated rings. The molecule has 1 aromatic carbocycles. The second-order valence-corrected chi connectivity index (χ2v) is 5.65. The molecular formula is C16H23N3O3. The molecule has 1 aromatic rings. The second-order valence-electron chi connectivity index (χ2n) is 5.65. The van der Waals surface area contributed by atoms with E-state index in [-0.39, 0.29) is 23.9 Å². The molecule has 0 aliphatic carbocycles. The van der Waals surface area contributed by atoms with Crippen LogP contribution in [0.5, 0.6) is 0 Å². The number of amides is 2. The van der Waals surface area contributed by atoms with Crippen molar-refractivity contribution in [2.24, 2.45) is 0 Å². The van der Waals surface area contributed by atoms with Gasteiger partial charge in [-0.25, -0.2) is 0 Å². The highest BCUT2D eigenvalue weighted by Gasteiger charge is 2.18. The molecule has 1 aliphatic rings. The normalized spacial score (nSPS) is 18.0. The number of carbonyl (C=O) groups excluding carboxylic acids is 2. The van der Waals surface area contributed by atoms with Crippen LogP contribution in [0.1, 0.15) is 30.6 Å². The molecule has 3 N–H and O–H groups in total. The quantitative estimate of drug-likeness (QED) is 0.762. The summed E-state index contributed by atoms with van der Waals surface area (Å²) in [6.07, 6.45) is 0.320. The van der Waals surface area contributed by atoms with Crippen LogP contribution >= 0.6 is 0 Å². The lowest BCUT2D eigenvalue weighted by molar-refractivity contribution is -0.117. The molecule has 2 amide bonds. The first-order valence-electron chi connectivity index (χ1n) is 7.57. The Morgan fingerprint density at radius 2 is 2.14 bits per heavy atom. The van der Waals surface area contributed by atoms with Crippen molar-refractivity contribution in [1.29, 1.82) is 0 Å². The Kier molecular flexibility index (Phi) is 5.91. The maximum atomic E-state index is 12.2. The number of carbonyl (C=O) groups is 2. The van der Waals surface area contributed by atoms with Crippen LogP contribution in [0.15, 0.2) is 24.3 Å². The lowest BCUT2D eigenvalue weighted by Gasteiger charge is -2.23. The zero-order chi connectivity index (χ0) is 15.9. The van der Waals surface area contributed by atoms with E-state index in [1.807, 2.05) is 13.8 Å². The summed E-state index contributed by atoms with van der Waals surface area (Å²) in [6.45, 7) is 5.76. The highest BCUT2D eigenvalue weighted by molar-refractivity contribution is 6.03. The monoisotopic (exact) mass is 305 g/mol. The fourth-order valence-corrected chi connectivity index (χ4v) is 2.31. The number of anilines is 1. The first-order valence-corrected chi connectivity index (χ1v) is 7.57. The van der Waals surface area contributed by atoms with Crippen molar-refractivity contribution in [2.45, 2.75) is 32.4 Å². The number of hydrogen-bond donors (Lipinski definition) is 3. The van der Waals surface area contributed by atoms with E-state index in [1.54, 1.807) is 24.3 Å². The van der Waals surface area contributed by atoms with Gasteiger partial charge in [0, 0.05) is 25.0 Å². The topological polar surface area (TPSA) is 79.5 Å². The molecule has 22 heavy (non-hydrogen) atoms. The van der Waals surface area contributed by atoms with E-state index >= 15 is 0 Å². The van der Waals surface area contributed by atoms with Crippen LogP contribution < -0.4 is 16.0 Å². The third-order valence-corrected chi connectivity index (χ3v) is 3.30. The Bertz CT molecular complexity index is 525. The second kappa shape index (κ2) is 7.91. The van der Waals surface area contributed by atoms with Gasteiger partial charge < -0.3 is 20.7 Å². The maximum absolute atomic E-state index is 12.2.